The zero-order chi connectivity index (χ0) is 26.1. The Morgan fingerprint density at radius 1 is 1.00 bits per heavy atom. The lowest BCUT2D eigenvalue weighted by Crippen LogP contribution is -2.42. The number of H-pyrrole nitrogens is 1. The third kappa shape index (κ3) is 3.50. The molecule has 3 fully saturated rings. The molecule has 10 heteroatoms. The molecule has 7 atom stereocenters. The Bertz CT molecular complexity index is 1520. The fourth-order valence-electron chi connectivity index (χ4n) is 7.36. The second-order valence-electron chi connectivity index (χ2n) is 10.5. The van der Waals surface area contributed by atoms with Crippen molar-refractivity contribution in [2.75, 3.05) is 11.9 Å². The number of phenolic OH excluding ortho intramolecular Hbond substituents is 1. The highest BCUT2D eigenvalue weighted by Gasteiger charge is 2.69. The first-order valence-electron chi connectivity index (χ1n) is 12.8. The van der Waals surface area contributed by atoms with Crippen LogP contribution >= 0.6 is 23.1 Å². The predicted octanol–water partition coefficient (Wildman–Crippen LogP) is 3.64. The minimum absolute atomic E-state index is 0.00417. The number of para-hydroxylation sites is 2. The van der Waals surface area contributed by atoms with E-state index in [1.165, 1.54) is 16.2 Å². The standard InChI is InChI=1S/C28H25N3O5S2/c32-17-9-5-4-8-14(17)19-20-15-12-16(23(20)37-25-24(19)38-28(36)30-25)22-21(15)26(34)31(27(22)35)11-10-18(33)29-13-6-2-1-3-7-13/h1-9,15-16,19-23,32H,10-12H2,(H,29,33)(H,30,36). The van der Waals surface area contributed by atoms with Crippen LogP contribution in [0.1, 0.15) is 29.2 Å². The van der Waals surface area contributed by atoms with Gasteiger partial charge in [0, 0.05) is 40.3 Å². The zero-order valence-corrected chi connectivity index (χ0v) is 21.8. The number of imide groups is 1. The van der Waals surface area contributed by atoms with Crippen molar-refractivity contribution in [3.8, 4) is 5.75 Å². The van der Waals surface area contributed by atoms with Gasteiger partial charge in [0.05, 0.1) is 16.9 Å². The van der Waals surface area contributed by atoms with Crippen molar-refractivity contribution in [1.29, 1.82) is 0 Å². The molecule has 2 aliphatic carbocycles. The van der Waals surface area contributed by atoms with E-state index in [-0.39, 0.29) is 70.2 Å². The minimum atomic E-state index is -0.419. The molecule has 2 bridgehead atoms. The van der Waals surface area contributed by atoms with Crippen molar-refractivity contribution in [2.24, 2.45) is 29.6 Å². The van der Waals surface area contributed by atoms with E-state index in [1.54, 1.807) is 36.0 Å². The van der Waals surface area contributed by atoms with Gasteiger partial charge in [0.25, 0.3) is 0 Å². The number of thiazole rings is 1. The van der Waals surface area contributed by atoms with Gasteiger partial charge in [-0.15, -0.1) is 11.8 Å². The first-order chi connectivity index (χ1) is 18.4. The summed E-state index contributed by atoms with van der Waals surface area (Å²) in [5.74, 6) is -1.46. The number of benzene rings is 2. The van der Waals surface area contributed by atoms with Gasteiger partial charge in [-0.3, -0.25) is 24.1 Å². The molecule has 194 valence electrons. The summed E-state index contributed by atoms with van der Waals surface area (Å²) in [7, 11) is 0. The molecule has 2 saturated carbocycles. The van der Waals surface area contributed by atoms with Gasteiger partial charge in [-0.05, 0) is 42.4 Å². The number of anilines is 1. The van der Waals surface area contributed by atoms with Crippen LogP contribution in [0.5, 0.6) is 5.75 Å². The van der Waals surface area contributed by atoms with Crippen molar-refractivity contribution in [2.45, 2.75) is 29.0 Å². The molecule has 1 saturated heterocycles. The number of thioether (sulfide) groups is 1. The first kappa shape index (κ1) is 23.7. The number of hydrogen-bond donors (Lipinski definition) is 3. The van der Waals surface area contributed by atoms with Gasteiger partial charge in [0.2, 0.25) is 17.7 Å². The van der Waals surface area contributed by atoms with Crippen LogP contribution in [0.25, 0.3) is 0 Å². The summed E-state index contributed by atoms with van der Waals surface area (Å²) >= 11 is 2.78. The summed E-state index contributed by atoms with van der Waals surface area (Å²) in [6, 6.07) is 16.3. The van der Waals surface area contributed by atoms with E-state index >= 15 is 0 Å². The molecule has 2 aliphatic heterocycles. The van der Waals surface area contributed by atoms with Crippen molar-refractivity contribution >= 4 is 46.5 Å². The third-order valence-electron chi connectivity index (χ3n) is 8.71. The van der Waals surface area contributed by atoms with Crippen molar-refractivity contribution in [3.63, 3.8) is 0 Å². The maximum Gasteiger partial charge on any atom is 0.305 e. The van der Waals surface area contributed by atoms with Crippen LogP contribution in [0.15, 0.2) is 64.4 Å². The smallest absolute Gasteiger partial charge is 0.305 e. The SMILES string of the molecule is O=C(CCN1C(=O)C2C3CC(C2C1=O)C1C(c2ccccc2O)c2sc(=O)[nH]c2SC31)Nc1ccccc1. The number of carbonyl (C=O) groups is 3. The molecule has 1 aromatic heterocycles. The average molecular weight is 548 g/mol. The predicted molar refractivity (Wildman–Crippen MR) is 143 cm³/mol. The van der Waals surface area contributed by atoms with E-state index in [2.05, 4.69) is 10.3 Å². The van der Waals surface area contributed by atoms with Crippen molar-refractivity contribution < 1.29 is 19.5 Å². The highest BCUT2D eigenvalue weighted by atomic mass is 32.2. The van der Waals surface area contributed by atoms with Gasteiger partial charge in [-0.1, -0.05) is 47.7 Å². The second kappa shape index (κ2) is 8.84. The first-order valence-corrected chi connectivity index (χ1v) is 14.5. The molecule has 7 rings (SSSR count). The number of hydrogen-bond acceptors (Lipinski definition) is 7. The number of carbonyl (C=O) groups excluding carboxylic acids is 3. The van der Waals surface area contributed by atoms with E-state index in [0.29, 0.717) is 5.69 Å². The molecule has 3 N–H and O–H groups in total. The number of phenols is 1. The van der Waals surface area contributed by atoms with Crippen LogP contribution in [-0.4, -0.2) is 44.5 Å². The molecular weight excluding hydrogens is 522 g/mol. The Morgan fingerprint density at radius 3 is 2.47 bits per heavy atom. The number of amides is 3. The molecule has 2 aromatic carbocycles. The lowest BCUT2D eigenvalue weighted by molar-refractivity contribution is -0.141. The summed E-state index contributed by atoms with van der Waals surface area (Å²) in [6.07, 6.45) is 0.822. The van der Waals surface area contributed by atoms with Crippen LogP contribution in [0.2, 0.25) is 0 Å². The fourth-order valence-corrected chi connectivity index (χ4v) is 10.2. The molecule has 3 heterocycles. The molecule has 38 heavy (non-hydrogen) atoms. The summed E-state index contributed by atoms with van der Waals surface area (Å²) < 4.78 is 0. The number of aromatic nitrogens is 1. The number of likely N-dealkylation sites (tertiary alicyclic amines) is 1. The van der Waals surface area contributed by atoms with E-state index in [9.17, 15) is 24.3 Å². The number of nitrogens with zero attached hydrogens (tertiary/aromatic N) is 1. The third-order valence-corrected chi connectivity index (χ3v) is 11.3. The van der Waals surface area contributed by atoms with Gasteiger partial charge in [-0.25, -0.2) is 0 Å². The number of fused-ring (bicyclic) bond motifs is 9. The topological polar surface area (TPSA) is 120 Å². The molecular formula is C28H25N3O5S2. The Labute approximate surface area is 226 Å². The molecule has 0 radical (unpaired) electrons. The fraction of sp³-hybridized carbons (Fsp3) is 0.357. The van der Waals surface area contributed by atoms with Crippen LogP contribution < -0.4 is 10.2 Å². The van der Waals surface area contributed by atoms with E-state index < -0.39 is 11.8 Å². The lowest BCUT2D eigenvalue weighted by atomic mass is 9.68. The van der Waals surface area contributed by atoms with Crippen LogP contribution in [-0.2, 0) is 14.4 Å². The molecule has 3 amide bonds. The maximum absolute atomic E-state index is 13.7. The summed E-state index contributed by atoms with van der Waals surface area (Å²) in [6.45, 7) is 0.0643. The van der Waals surface area contributed by atoms with E-state index in [1.807, 2.05) is 30.3 Å². The normalized spacial score (nSPS) is 30.7. The highest BCUT2D eigenvalue weighted by Crippen LogP contribution is 2.68. The summed E-state index contributed by atoms with van der Waals surface area (Å²) in [5.41, 5.74) is 1.43. The van der Waals surface area contributed by atoms with Crippen LogP contribution in [0.3, 0.4) is 0 Å². The molecule has 0 spiro atoms. The average Bonchev–Trinajstić information content (AvgIpc) is 3.63. The molecule has 7 unspecified atom stereocenters. The number of nitrogens with one attached hydrogen (secondary N) is 2. The Kier molecular flexibility index (Phi) is 5.52. The molecule has 8 nitrogen and oxygen atoms in total. The molecule has 3 aromatic rings. The Morgan fingerprint density at radius 2 is 1.71 bits per heavy atom. The Hall–Kier alpha value is -3.37. The largest absolute Gasteiger partial charge is 0.508 e. The quantitative estimate of drug-likeness (QED) is 0.420. The van der Waals surface area contributed by atoms with Gasteiger partial charge in [0.15, 0.2) is 0 Å². The van der Waals surface area contributed by atoms with Gasteiger partial charge < -0.3 is 15.4 Å². The van der Waals surface area contributed by atoms with E-state index in [0.717, 1.165) is 21.9 Å². The van der Waals surface area contributed by atoms with Crippen LogP contribution in [0.4, 0.5) is 5.69 Å². The van der Waals surface area contributed by atoms with Crippen molar-refractivity contribution in [3.05, 3.63) is 74.7 Å². The monoisotopic (exact) mass is 547 g/mol. The lowest BCUT2D eigenvalue weighted by Gasteiger charge is -2.43. The zero-order valence-electron chi connectivity index (χ0n) is 20.2. The number of aromatic hydroxyl groups is 1. The van der Waals surface area contributed by atoms with Gasteiger partial charge in [-0.2, -0.15) is 0 Å². The van der Waals surface area contributed by atoms with Gasteiger partial charge >= 0.3 is 4.87 Å². The summed E-state index contributed by atoms with van der Waals surface area (Å²) in [5, 5.41) is 14.5. The Balaban J connectivity index is 1.17. The minimum Gasteiger partial charge on any atom is -0.508 e. The van der Waals surface area contributed by atoms with Gasteiger partial charge in [0.1, 0.15) is 5.75 Å². The van der Waals surface area contributed by atoms with E-state index in [4.69, 9.17) is 0 Å². The number of aromatic amines is 1. The second-order valence-corrected chi connectivity index (χ2v) is 12.7. The summed E-state index contributed by atoms with van der Waals surface area (Å²) in [4.78, 5) is 57.1. The van der Waals surface area contributed by atoms with Crippen molar-refractivity contribution in [1.82, 2.24) is 9.88 Å². The molecule has 4 aliphatic rings. The van der Waals surface area contributed by atoms with Crippen LogP contribution in [0, 0.1) is 29.6 Å². The number of rotatable bonds is 5. The highest BCUT2D eigenvalue weighted by molar-refractivity contribution is 8.00. The maximum atomic E-state index is 13.7.